The number of rotatable bonds is 2. The zero-order valence-corrected chi connectivity index (χ0v) is 6.89. The van der Waals surface area contributed by atoms with E-state index in [9.17, 15) is 4.79 Å². The number of aldehydes is 1. The first-order chi connectivity index (χ1) is 5.25. The van der Waals surface area contributed by atoms with E-state index in [-0.39, 0.29) is 0 Å². The number of thiocarbonyl (C=S) groups is 1. The van der Waals surface area contributed by atoms with Gasteiger partial charge in [0.2, 0.25) is 0 Å². The van der Waals surface area contributed by atoms with E-state index in [1.165, 1.54) is 0 Å². The molecule has 0 aliphatic carbocycles. The first-order valence-electron chi connectivity index (χ1n) is 3.17. The highest BCUT2D eigenvalue weighted by atomic mass is 32.1. The number of hydrogen-bond donors (Lipinski definition) is 0. The molecular weight excluding hydrogens is 158 g/mol. The van der Waals surface area contributed by atoms with Gasteiger partial charge in [-0.3, -0.25) is 9.78 Å². The van der Waals surface area contributed by atoms with E-state index in [4.69, 9.17) is 12.2 Å². The second-order valence-electron chi connectivity index (χ2n) is 2.11. The lowest BCUT2D eigenvalue weighted by atomic mass is 10.1. The molecule has 0 aromatic carbocycles. The summed E-state index contributed by atoms with van der Waals surface area (Å²) >= 11 is 4.92. The SMILES string of the molecule is CC(=S)c1cccnc1C=O. The fraction of sp³-hybridized carbons (Fsp3) is 0.125. The third-order valence-corrected chi connectivity index (χ3v) is 1.55. The fourth-order valence-corrected chi connectivity index (χ4v) is 0.982. The highest BCUT2D eigenvalue weighted by Crippen LogP contribution is 2.03. The second kappa shape index (κ2) is 3.34. The van der Waals surface area contributed by atoms with Gasteiger partial charge in [0.25, 0.3) is 0 Å². The predicted molar refractivity (Wildman–Crippen MR) is 47.0 cm³/mol. The molecule has 2 nitrogen and oxygen atoms in total. The summed E-state index contributed by atoms with van der Waals surface area (Å²) in [6.45, 7) is 1.78. The van der Waals surface area contributed by atoms with Gasteiger partial charge in [0, 0.05) is 16.6 Å². The molecule has 1 rings (SSSR count). The number of aromatic nitrogens is 1. The van der Waals surface area contributed by atoms with Crippen LogP contribution in [0.15, 0.2) is 18.3 Å². The van der Waals surface area contributed by atoms with Crippen LogP contribution in [0.3, 0.4) is 0 Å². The van der Waals surface area contributed by atoms with Gasteiger partial charge in [-0.05, 0) is 13.0 Å². The molecule has 0 aliphatic rings. The lowest BCUT2D eigenvalue weighted by Crippen LogP contribution is -1.99. The molecule has 0 saturated carbocycles. The van der Waals surface area contributed by atoms with Crippen LogP contribution in [0.1, 0.15) is 23.0 Å². The molecule has 0 amide bonds. The molecule has 0 spiro atoms. The first kappa shape index (κ1) is 8.01. The molecule has 1 heterocycles. The molecule has 0 bridgehead atoms. The van der Waals surface area contributed by atoms with E-state index in [0.29, 0.717) is 16.8 Å². The van der Waals surface area contributed by atoms with Crippen LogP contribution >= 0.6 is 12.2 Å². The molecule has 11 heavy (non-hydrogen) atoms. The van der Waals surface area contributed by atoms with Gasteiger partial charge in [-0.25, -0.2) is 0 Å². The van der Waals surface area contributed by atoms with Crippen molar-refractivity contribution in [3.8, 4) is 0 Å². The molecule has 3 heteroatoms. The third kappa shape index (κ3) is 1.68. The largest absolute Gasteiger partial charge is 0.296 e. The maximum atomic E-state index is 10.4. The summed E-state index contributed by atoms with van der Waals surface area (Å²) in [5, 5.41) is 0. The molecule has 0 unspecified atom stereocenters. The summed E-state index contributed by atoms with van der Waals surface area (Å²) in [6.07, 6.45) is 2.29. The van der Waals surface area contributed by atoms with E-state index >= 15 is 0 Å². The van der Waals surface area contributed by atoms with E-state index in [1.54, 1.807) is 25.3 Å². The Morgan fingerprint density at radius 3 is 2.91 bits per heavy atom. The van der Waals surface area contributed by atoms with Crippen LogP contribution in [0, 0.1) is 0 Å². The molecule has 1 aromatic heterocycles. The van der Waals surface area contributed by atoms with Crippen molar-refractivity contribution < 1.29 is 4.79 Å². The number of nitrogens with zero attached hydrogens (tertiary/aromatic N) is 1. The van der Waals surface area contributed by atoms with E-state index in [0.717, 1.165) is 5.56 Å². The van der Waals surface area contributed by atoms with Crippen molar-refractivity contribution in [2.45, 2.75) is 6.92 Å². The zero-order chi connectivity index (χ0) is 8.27. The quantitative estimate of drug-likeness (QED) is 0.379. The van der Waals surface area contributed by atoms with Crippen molar-refractivity contribution in [2.75, 3.05) is 0 Å². The Hall–Kier alpha value is -1.09. The minimum absolute atomic E-state index is 0.417. The highest BCUT2D eigenvalue weighted by molar-refractivity contribution is 7.80. The summed E-state index contributed by atoms with van der Waals surface area (Å²) in [5.74, 6) is 0. The van der Waals surface area contributed by atoms with Gasteiger partial charge in [0.15, 0.2) is 6.29 Å². The summed E-state index contributed by atoms with van der Waals surface area (Å²) in [4.78, 5) is 15.0. The zero-order valence-electron chi connectivity index (χ0n) is 6.07. The van der Waals surface area contributed by atoms with Gasteiger partial charge in [-0.2, -0.15) is 0 Å². The van der Waals surface area contributed by atoms with Crippen molar-refractivity contribution >= 4 is 23.4 Å². The Kier molecular flexibility index (Phi) is 2.44. The molecular formula is C8H7NOS. The van der Waals surface area contributed by atoms with Crippen LogP contribution in [0.25, 0.3) is 0 Å². The minimum atomic E-state index is 0.417. The lowest BCUT2D eigenvalue weighted by Gasteiger charge is -1.98. The average Bonchev–Trinajstić information content (AvgIpc) is 2.04. The second-order valence-corrected chi connectivity index (χ2v) is 2.72. The Bertz CT molecular complexity index is 296. The first-order valence-corrected chi connectivity index (χ1v) is 3.57. The topological polar surface area (TPSA) is 30.0 Å². The van der Waals surface area contributed by atoms with E-state index in [2.05, 4.69) is 4.98 Å². The maximum Gasteiger partial charge on any atom is 0.169 e. The molecule has 0 radical (unpaired) electrons. The van der Waals surface area contributed by atoms with Crippen molar-refractivity contribution in [3.05, 3.63) is 29.6 Å². The van der Waals surface area contributed by atoms with Gasteiger partial charge < -0.3 is 0 Å². The number of hydrogen-bond acceptors (Lipinski definition) is 3. The number of carbonyl (C=O) groups excluding carboxylic acids is 1. The minimum Gasteiger partial charge on any atom is -0.296 e. The van der Waals surface area contributed by atoms with Crippen molar-refractivity contribution in [1.29, 1.82) is 0 Å². The molecule has 56 valence electrons. The van der Waals surface area contributed by atoms with Crippen LogP contribution in [0.5, 0.6) is 0 Å². The van der Waals surface area contributed by atoms with Crippen LogP contribution < -0.4 is 0 Å². The molecule has 0 saturated heterocycles. The summed E-state index contributed by atoms with van der Waals surface area (Å²) < 4.78 is 0. The predicted octanol–water partition coefficient (Wildman–Crippen LogP) is 1.63. The van der Waals surface area contributed by atoms with Gasteiger partial charge in [-0.15, -0.1) is 0 Å². The normalized spacial score (nSPS) is 9.18. The maximum absolute atomic E-state index is 10.4. The lowest BCUT2D eigenvalue weighted by molar-refractivity contribution is 0.111. The summed E-state index contributed by atoms with van der Waals surface area (Å²) in [6, 6.07) is 3.55. The van der Waals surface area contributed by atoms with Gasteiger partial charge in [0.05, 0.1) is 0 Å². The third-order valence-electron chi connectivity index (χ3n) is 1.33. The van der Waals surface area contributed by atoms with Crippen LogP contribution in [-0.2, 0) is 0 Å². The van der Waals surface area contributed by atoms with E-state index < -0.39 is 0 Å². The summed E-state index contributed by atoms with van der Waals surface area (Å²) in [5.41, 5.74) is 1.16. The Balaban J connectivity index is 3.22. The smallest absolute Gasteiger partial charge is 0.169 e. The van der Waals surface area contributed by atoms with Crippen molar-refractivity contribution in [2.24, 2.45) is 0 Å². The van der Waals surface area contributed by atoms with Gasteiger partial charge in [-0.1, -0.05) is 18.3 Å². The van der Waals surface area contributed by atoms with E-state index in [1.807, 2.05) is 0 Å². The Morgan fingerprint density at radius 1 is 1.73 bits per heavy atom. The Morgan fingerprint density at radius 2 is 2.45 bits per heavy atom. The monoisotopic (exact) mass is 165 g/mol. The van der Waals surface area contributed by atoms with Crippen LogP contribution in [0.2, 0.25) is 0 Å². The molecule has 1 aromatic rings. The number of pyridine rings is 1. The number of carbonyl (C=O) groups is 1. The Labute approximate surface area is 70.3 Å². The average molecular weight is 165 g/mol. The standard InChI is InChI=1S/C8H7NOS/c1-6(11)7-3-2-4-9-8(7)5-10/h2-5H,1H3. The van der Waals surface area contributed by atoms with Crippen molar-refractivity contribution in [1.82, 2.24) is 4.98 Å². The highest BCUT2D eigenvalue weighted by Gasteiger charge is 2.01. The van der Waals surface area contributed by atoms with Crippen LogP contribution in [0.4, 0.5) is 0 Å². The molecule has 0 aliphatic heterocycles. The van der Waals surface area contributed by atoms with Crippen LogP contribution in [-0.4, -0.2) is 16.1 Å². The van der Waals surface area contributed by atoms with Crippen molar-refractivity contribution in [3.63, 3.8) is 0 Å². The molecule has 0 fully saturated rings. The van der Waals surface area contributed by atoms with Gasteiger partial charge >= 0.3 is 0 Å². The summed E-state index contributed by atoms with van der Waals surface area (Å²) in [7, 11) is 0. The fourth-order valence-electron chi connectivity index (χ4n) is 0.809. The molecule has 0 atom stereocenters. The van der Waals surface area contributed by atoms with Gasteiger partial charge in [0.1, 0.15) is 5.69 Å². The molecule has 0 N–H and O–H groups in total.